The summed E-state index contributed by atoms with van der Waals surface area (Å²) < 4.78 is 24.1. The maximum absolute atomic E-state index is 12.5. The smallest absolute Gasteiger partial charge is 0.358 e. The molecule has 0 aliphatic carbocycles. The summed E-state index contributed by atoms with van der Waals surface area (Å²) in [5.41, 5.74) is 2.27. The molecule has 188 valence electrons. The summed E-state index contributed by atoms with van der Waals surface area (Å²) in [6.07, 6.45) is 0.919. The van der Waals surface area contributed by atoms with Gasteiger partial charge in [-0.2, -0.15) is 5.10 Å². The van der Waals surface area contributed by atoms with Crippen LogP contribution < -0.4 is 14.2 Å². The molecule has 0 unspecified atom stereocenters. The topological polar surface area (TPSA) is 75.1 Å². The van der Waals surface area contributed by atoms with Gasteiger partial charge in [0.05, 0.1) is 44.9 Å². The number of rotatable bonds is 10. The minimum absolute atomic E-state index is 0.175. The van der Waals surface area contributed by atoms with Gasteiger partial charge in [0.25, 0.3) is 0 Å². The molecule has 0 N–H and O–H groups in total. The number of hydrogen-bond acceptors (Lipinski definition) is 7. The highest BCUT2D eigenvalue weighted by atomic mass is 16.5. The van der Waals surface area contributed by atoms with E-state index in [1.165, 1.54) is 7.11 Å². The largest absolute Gasteiger partial charge is 0.496 e. The molecule has 0 spiro atoms. The van der Waals surface area contributed by atoms with Crippen molar-refractivity contribution in [2.75, 3.05) is 48.6 Å². The Hall–Kier alpha value is -4.04. The van der Waals surface area contributed by atoms with E-state index in [2.05, 4.69) is 10.00 Å². The lowest BCUT2D eigenvalue weighted by molar-refractivity contribution is 0.0593. The summed E-state index contributed by atoms with van der Waals surface area (Å²) in [4.78, 5) is 14.6. The zero-order chi connectivity index (χ0) is 25.7. The summed E-state index contributed by atoms with van der Waals surface area (Å²) in [5, 5.41) is 6.52. The first-order chi connectivity index (χ1) is 17.5. The first-order valence-corrected chi connectivity index (χ1v) is 11.7. The van der Waals surface area contributed by atoms with Gasteiger partial charge in [-0.05, 0) is 50.8 Å². The van der Waals surface area contributed by atoms with Crippen molar-refractivity contribution in [1.82, 2.24) is 14.7 Å². The average molecular weight is 490 g/mol. The molecule has 8 nitrogen and oxygen atoms in total. The van der Waals surface area contributed by atoms with Crippen LogP contribution in [0.2, 0.25) is 0 Å². The van der Waals surface area contributed by atoms with Crippen LogP contribution in [0.15, 0.2) is 60.7 Å². The van der Waals surface area contributed by atoms with Crippen LogP contribution in [-0.2, 0) is 4.74 Å². The molecule has 0 radical (unpaired) electrons. The number of esters is 1. The van der Waals surface area contributed by atoms with Crippen molar-refractivity contribution >= 4 is 16.7 Å². The standard InChI is InChI=1S/C28H31N3O5/c1-30(2)16-9-17-36-24-15-14-22(19-10-6-7-11-20(19)24)31-23(18-21(29-31)28(32)35-5)27-25(33-3)12-8-13-26(27)34-4/h6-8,10-15,18H,9,16-17H2,1-5H3. The molecule has 0 saturated carbocycles. The van der Waals surface area contributed by atoms with E-state index in [0.717, 1.165) is 35.2 Å². The molecule has 1 heterocycles. The molecule has 0 aliphatic heterocycles. The van der Waals surface area contributed by atoms with E-state index < -0.39 is 5.97 Å². The molecule has 8 heteroatoms. The van der Waals surface area contributed by atoms with E-state index in [4.69, 9.17) is 18.9 Å². The molecule has 0 saturated heterocycles. The van der Waals surface area contributed by atoms with Crippen LogP contribution in [0, 0.1) is 0 Å². The molecule has 0 atom stereocenters. The molecular weight excluding hydrogens is 458 g/mol. The molecule has 0 aliphatic rings. The zero-order valence-electron chi connectivity index (χ0n) is 21.3. The van der Waals surface area contributed by atoms with Crippen LogP contribution in [0.1, 0.15) is 16.9 Å². The Morgan fingerprint density at radius 2 is 1.58 bits per heavy atom. The number of carbonyl (C=O) groups is 1. The summed E-state index contributed by atoms with van der Waals surface area (Å²) in [7, 11) is 8.62. The lowest BCUT2D eigenvalue weighted by Gasteiger charge is -2.17. The number of hydrogen-bond donors (Lipinski definition) is 0. The van der Waals surface area contributed by atoms with Crippen LogP contribution in [0.5, 0.6) is 17.2 Å². The van der Waals surface area contributed by atoms with Gasteiger partial charge < -0.3 is 23.8 Å². The average Bonchev–Trinajstić information content (AvgIpc) is 3.34. The van der Waals surface area contributed by atoms with Gasteiger partial charge in [-0.1, -0.05) is 30.3 Å². The Morgan fingerprint density at radius 1 is 0.889 bits per heavy atom. The van der Waals surface area contributed by atoms with Gasteiger partial charge >= 0.3 is 5.97 Å². The van der Waals surface area contributed by atoms with Crippen molar-refractivity contribution in [3.8, 4) is 34.2 Å². The van der Waals surface area contributed by atoms with Gasteiger partial charge in [-0.25, -0.2) is 9.48 Å². The second-order valence-electron chi connectivity index (χ2n) is 8.49. The lowest BCUT2D eigenvalue weighted by Crippen LogP contribution is -2.15. The molecule has 0 bridgehead atoms. The van der Waals surface area contributed by atoms with Gasteiger partial charge in [-0.3, -0.25) is 0 Å². The van der Waals surface area contributed by atoms with Crippen molar-refractivity contribution in [2.24, 2.45) is 0 Å². The SMILES string of the molecule is COC(=O)c1cc(-c2c(OC)cccc2OC)n(-c2ccc(OCCCN(C)C)c3ccccc23)n1. The van der Waals surface area contributed by atoms with Crippen molar-refractivity contribution in [3.05, 3.63) is 66.4 Å². The van der Waals surface area contributed by atoms with E-state index in [-0.39, 0.29) is 5.69 Å². The Bertz CT molecular complexity index is 1340. The lowest BCUT2D eigenvalue weighted by atomic mass is 10.1. The highest BCUT2D eigenvalue weighted by molar-refractivity contribution is 5.96. The predicted molar refractivity (Wildman–Crippen MR) is 140 cm³/mol. The van der Waals surface area contributed by atoms with Crippen LogP contribution in [0.25, 0.3) is 27.7 Å². The van der Waals surface area contributed by atoms with Crippen molar-refractivity contribution in [3.63, 3.8) is 0 Å². The van der Waals surface area contributed by atoms with Crippen LogP contribution in [0.4, 0.5) is 0 Å². The summed E-state index contributed by atoms with van der Waals surface area (Å²) in [5.74, 6) is 1.45. The quantitative estimate of drug-likeness (QED) is 0.233. The van der Waals surface area contributed by atoms with Crippen LogP contribution in [-0.4, -0.2) is 69.2 Å². The van der Waals surface area contributed by atoms with Crippen molar-refractivity contribution in [1.29, 1.82) is 0 Å². The second-order valence-corrected chi connectivity index (χ2v) is 8.49. The van der Waals surface area contributed by atoms with Gasteiger partial charge in [-0.15, -0.1) is 0 Å². The minimum Gasteiger partial charge on any atom is -0.496 e. The molecule has 4 aromatic rings. The van der Waals surface area contributed by atoms with E-state index >= 15 is 0 Å². The normalized spacial score (nSPS) is 11.1. The number of ether oxygens (including phenoxy) is 4. The van der Waals surface area contributed by atoms with E-state index in [9.17, 15) is 4.79 Å². The molecule has 0 fully saturated rings. The number of nitrogens with zero attached hydrogens (tertiary/aromatic N) is 3. The fraction of sp³-hybridized carbons (Fsp3) is 0.286. The van der Waals surface area contributed by atoms with Gasteiger partial charge in [0.1, 0.15) is 17.2 Å². The second kappa shape index (κ2) is 11.1. The number of aromatic nitrogens is 2. The van der Waals surface area contributed by atoms with Crippen molar-refractivity contribution in [2.45, 2.75) is 6.42 Å². The van der Waals surface area contributed by atoms with Gasteiger partial charge in [0, 0.05) is 17.3 Å². The van der Waals surface area contributed by atoms with Crippen LogP contribution in [0.3, 0.4) is 0 Å². The van der Waals surface area contributed by atoms with Crippen LogP contribution >= 0.6 is 0 Å². The maximum Gasteiger partial charge on any atom is 0.358 e. The third-order valence-corrected chi connectivity index (χ3v) is 5.88. The Labute approximate surface area is 210 Å². The summed E-state index contributed by atoms with van der Waals surface area (Å²) >= 11 is 0. The minimum atomic E-state index is -0.533. The number of methoxy groups -OCH3 is 3. The summed E-state index contributed by atoms with van der Waals surface area (Å²) in [6, 6.07) is 19.1. The van der Waals surface area contributed by atoms with Gasteiger partial charge in [0.15, 0.2) is 5.69 Å². The first-order valence-electron chi connectivity index (χ1n) is 11.7. The Kier molecular flexibility index (Phi) is 7.75. The maximum atomic E-state index is 12.5. The molecule has 3 aromatic carbocycles. The highest BCUT2D eigenvalue weighted by Gasteiger charge is 2.23. The Morgan fingerprint density at radius 3 is 2.22 bits per heavy atom. The molecular formula is C28H31N3O5. The number of carbonyl (C=O) groups excluding carboxylic acids is 1. The van der Waals surface area contributed by atoms with Crippen molar-refractivity contribution < 1.29 is 23.7 Å². The summed E-state index contributed by atoms with van der Waals surface area (Å²) in [6.45, 7) is 1.56. The van der Waals surface area contributed by atoms with E-state index in [0.29, 0.717) is 29.4 Å². The van der Waals surface area contributed by atoms with Gasteiger partial charge in [0.2, 0.25) is 0 Å². The predicted octanol–water partition coefficient (Wildman–Crippen LogP) is 4.83. The fourth-order valence-electron chi connectivity index (χ4n) is 4.18. The fourth-order valence-corrected chi connectivity index (χ4v) is 4.18. The molecule has 4 rings (SSSR count). The number of fused-ring (bicyclic) bond motifs is 1. The first kappa shape index (κ1) is 25.1. The molecule has 1 aromatic heterocycles. The number of benzene rings is 3. The Balaban J connectivity index is 1.88. The highest BCUT2D eigenvalue weighted by Crippen LogP contribution is 2.41. The molecule has 0 amide bonds. The van der Waals surface area contributed by atoms with E-state index in [1.54, 1.807) is 25.0 Å². The zero-order valence-corrected chi connectivity index (χ0v) is 21.3. The third-order valence-electron chi connectivity index (χ3n) is 5.88. The third kappa shape index (κ3) is 4.99. The monoisotopic (exact) mass is 489 g/mol. The molecule has 36 heavy (non-hydrogen) atoms. The van der Waals surface area contributed by atoms with E-state index in [1.807, 2.05) is 68.7 Å².